The van der Waals surface area contributed by atoms with Gasteiger partial charge in [-0.15, -0.1) is 0 Å². The Morgan fingerprint density at radius 2 is 1.81 bits per heavy atom. The van der Waals surface area contributed by atoms with Crippen molar-refractivity contribution < 1.29 is 27.5 Å². The van der Waals surface area contributed by atoms with Gasteiger partial charge in [-0.2, -0.15) is 18.4 Å². The second kappa shape index (κ2) is 8.89. The molecule has 1 aliphatic carbocycles. The summed E-state index contributed by atoms with van der Waals surface area (Å²) >= 11 is 0. The number of benzene rings is 1. The molecule has 36 heavy (non-hydrogen) atoms. The number of halogens is 3. The van der Waals surface area contributed by atoms with E-state index in [0.717, 1.165) is 38.5 Å². The van der Waals surface area contributed by atoms with Gasteiger partial charge in [0, 0.05) is 25.0 Å². The maximum absolute atomic E-state index is 13.6. The second-order valence-electron chi connectivity index (χ2n) is 9.74. The first-order valence-electron chi connectivity index (χ1n) is 11.9. The molecule has 2 aromatic rings. The number of carbonyl (C=O) groups excluding carboxylic acids is 2. The first kappa shape index (κ1) is 24.3. The zero-order valence-corrected chi connectivity index (χ0v) is 19.7. The molecule has 1 spiro atoms. The fourth-order valence-corrected chi connectivity index (χ4v) is 5.39. The number of hydrogen-bond donors (Lipinski definition) is 0. The molecule has 0 N–H and O–H groups in total. The lowest BCUT2D eigenvalue weighted by atomic mass is 9.71. The van der Waals surface area contributed by atoms with Gasteiger partial charge >= 0.3 is 6.18 Å². The van der Waals surface area contributed by atoms with Crippen LogP contribution in [-0.4, -0.2) is 53.4 Å². The molecule has 1 unspecified atom stereocenters. The number of alkyl halides is 3. The molecule has 1 atom stereocenters. The van der Waals surface area contributed by atoms with E-state index in [2.05, 4.69) is 16.9 Å². The third kappa shape index (κ3) is 4.01. The fraction of sp³-hybridized carbons (Fsp3) is 0.462. The number of aromatic nitrogens is 1. The average Bonchev–Trinajstić information content (AvgIpc) is 3.07. The third-order valence-corrected chi connectivity index (χ3v) is 7.51. The molecule has 3 heterocycles. The van der Waals surface area contributed by atoms with E-state index >= 15 is 0 Å². The number of ether oxygens (including phenoxy) is 1. The molecule has 3 fully saturated rings. The quantitative estimate of drug-likeness (QED) is 0.591. The Morgan fingerprint density at radius 3 is 2.36 bits per heavy atom. The summed E-state index contributed by atoms with van der Waals surface area (Å²) in [7, 11) is 2.07. The lowest BCUT2D eigenvalue weighted by Crippen LogP contribution is -2.55. The van der Waals surface area contributed by atoms with E-state index < -0.39 is 40.6 Å². The highest BCUT2D eigenvalue weighted by molar-refractivity contribution is 6.25. The van der Waals surface area contributed by atoms with Gasteiger partial charge in [-0.25, -0.2) is 4.98 Å². The van der Waals surface area contributed by atoms with Crippen molar-refractivity contribution in [2.24, 2.45) is 0 Å². The van der Waals surface area contributed by atoms with Crippen LogP contribution in [0.4, 0.5) is 18.9 Å². The number of carbonyl (C=O) groups is 2. The minimum atomic E-state index is -4.84. The summed E-state index contributed by atoms with van der Waals surface area (Å²) < 4.78 is 46.6. The van der Waals surface area contributed by atoms with E-state index in [-0.39, 0.29) is 11.7 Å². The first-order valence-corrected chi connectivity index (χ1v) is 11.9. The molecule has 188 valence electrons. The predicted octanol–water partition coefficient (Wildman–Crippen LogP) is 4.07. The number of rotatable bonds is 4. The summed E-state index contributed by atoms with van der Waals surface area (Å²) in [5, 5.41) is 9.03. The molecule has 1 aromatic carbocycles. The number of ketones is 1. The van der Waals surface area contributed by atoms with E-state index in [1.54, 1.807) is 24.3 Å². The van der Waals surface area contributed by atoms with Crippen LogP contribution in [0.25, 0.3) is 0 Å². The van der Waals surface area contributed by atoms with Crippen LogP contribution in [0.1, 0.15) is 54.8 Å². The molecule has 5 rings (SSSR count). The van der Waals surface area contributed by atoms with Gasteiger partial charge in [-0.3, -0.25) is 14.5 Å². The second-order valence-corrected chi connectivity index (χ2v) is 9.74. The summed E-state index contributed by atoms with van der Waals surface area (Å²) in [4.78, 5) is 34.4. The van der Waals surface area contributed by atoms with Gasteiger partial charge in [0.25, 0.3) is 0 Å². The van der Waals surface area contributed by atoms with Gasteiger partial charge in [-0.1, -0.05) is 0 Å². The average molecular weight is 499 g/mol. The largest absolute Gasteiger partial charge is 0.490 e. The molecule has 7 nitrogen and oxygen atoms in total. The Balaban J connectivity index is 1.43. The number of hydrogen-bond acceptors (Lipinski definition) is 6. The molecule has 1 aromatic heterocycles. The SMILES string of the molecule is CN1CCC(Oc2ccc(N3C(=O)C(c4cnc(C#N)c(C(F)(F)F)c4)C(=O)C34CCC4)cc2)CC1. The van der Waals surface area contributed by atoms with Crippen molar-refractivity contribution in [3.05, 3.63) is 53.3 Å². The fourth-order valence-electron chi connectivity index (χ4n) is 5.39. The Bertz CT molecular complexity index is 1230. The maximum atomic E-state index is 13.6. The Hall–Kier alpha value is -3.45. The molecule has 2 saturated heterocycles. The van der Waals surface area contributed by atoms with Gasteiger partial charge in [0.2, 0.25) is 5.91 Å². The van der Waals surface area contributed by atoms with E-state index in [4.69, 9.17) is 10.00 Å². The van der Waals surface area contributed by atoms with Crippen molar-refractivity contribution in [3.63, 3.8) is 0 Å². The number of anilines is 1. The van der Waals surface area contributed by atoms with Gasteiger partial charge in [0.05, 0.1) is 5.56 Å². The number of amides is 1. The lowest BCUT2D eigenvalue weighted by Gasteiger charge is -2.43. The standard InChI is InChI=1S/C26H25F3N4O3/c1-32-11-7-19(8-12-32)36-18-5-3-17(4-6-18)33-24(35)22(23(34)25(33)9-2-10-25)16-13-20(26(27,28)29)21(14-30)31-15-16/h3-6,13,15,19,22H,2,7-12H2,1H3. The number of nitrogens with zero attached hydrogens (tertiary/aromatic N) is 4. The normalized spacial score (nSPS) is 22.5. The van der Waals surface area contributed by atoms with Crippen LogP contribution in [0, 0.1) is 11.3 Å². The number of Topliss-reactive ketones (excluding diaryl/α,β-unsaturated/α-hetero) is 1. The molecule has 0 bridgehead atoms. The van der Waals surface area contributed by atoms with Crippen LogP contribution in [0.2, 0.25) is 0 Å². The van der Waals surface area contributed by atoms with Crippen LogP contribution >= 0.6 is 0 Å². The summed E-state index contributed by atoms with van der Waals surface area (Å²) in [6.07, 6.45) is -0.245. The van der Waals surface area contributed by atoms with Crippen molar-refractivity contribution in [2.75, 3.05) is 25.0 Å². The molecular formula is C26H25F3N4O3. The Kier molecular flexibility index (Phi) is 5.99. The highest BCUT2D eigenvalue weighted by Gasteiger charge is 2.62. The monoisotopic (exact) mass is 498 g/mol. The van der Waals surface area contributed by atoms with Gasteiger partial charge in [0.15, 0.2) is 11.5 Å². The zero-order valence-electron chi connectivity index (χ0n) is 19.7. The van der Waals surface area contributed by atoms with Crippen molar-refractivity contribution >= 4 is 17.4 Å². The molecule has 3 aliphatic rings. The van der Waals surface area contributed by atoms with Crippen molar-refractivity contribution in [2.45, 2.75) is 55.8 Å². The van der Waals surface area contributed by atoms with Crippen molar-refractivity contribution in [1.29, 1.82) is 5.26 Å². The van der Waals surface area contributed by atoms with Crippen LogP contribution in [-0.2, 0) is 15.8 Å². The van der Waals surface area contributed by atoms with Gasteiger partial charge < -0.3 is 9.64 Å². The van der Waals surface area contributed by atoms with Crippen LogP contribution in [0.3, 0.4) is 0 Å². The maximum Gasteiger partial charge on any atom is 0.419 e. The summed E-state index contributed by atoms with van der Waals surface area (Å²) in [5.41, 5.74) is -2.76. The number of likely N-dealkylation sites (tertiary alicyclic amines) is 1. The van der Waals surface area contributed by atoms with E-state index in [9.17, 15) is 22.8 Å². The molecular weight excluding hydrogens is 473 g/mol. The highest BCUT2D eigenvalue weighted by atomic mass is 19.4. The van der Waals surface area contributed by atoms with E-state index in [1.165, 1.54) is 11.0 Å². The minimum absolute atomic E-state index is 0.108. The molecule has 0 radical (unpaired) electrons. The Morgan fingerprint density at radius 1 is 1.14 bits per heavy atom. The summed E-state index contributed by atoms with van der Waals surface area (Å²) in [5.74, 6) is -1.74. The lowest BCUT2D eigenvalue weighted by molar-refractivity contribution is -0.138. The topological polar surface area (TPSA) is 86.5 Å². The van der Waals surface area contributed by atoms with Crippen molar-refractivity contribution in [1.82, 2.24) is 9.88 Å². The Labute approximate surface area is 206 Å². The molecule has 2 aliphatic heterocycles. The van der Waals surface area contributed by atoms with Gasteiger partial charge in [-0.05, 0) is 75.0 Å². The number of nitriles is 1. The minimum Gasteiger partial charge on any atom is -0.490 e. The van der Waals surface area contributed by atoms with E-state index in [0.29, 0.717) is 30.3 Å². The smallest absolute Gasteiger partial charge is 0.419 e. The number of pyridine rings is 1. The molecule has 1 amide bonds. The summed E-state index contributed by atoms with van der Waals surface area (Å²) in [6, 6.07) is 9.09. The van der Waals surface area contributed by atoms with Crippen molar-refractivity contribution in [3.8, 4) is 11.8 Å². The third-order valence-electron chi connectivity index (χ3n) is 7.51. The van der Waals surface area contributed by atoms with E-state index in [1.807, 2.05) is 0 Å². The first-order chi connectivity index (χ1) is 17.1. The molecule has 10 heteroatoms. The van der Waals surface area contributed by atoms with Crippen LogP contribution in [0.15, 0.2) is 36.5 Å². The van der Waals surface area contributed by atoms with Gasteiger partial charge in [0.1, 0.15) is 29.4 Å². The zero-order chi connectivity index (χ0) is 25.7. The molecule has 1 saturated carbocycles. The number of piperidine rings is 1. The van der Waals surface area contributed by atoms with Crippen LogP contribution in [0.5, 0.6) is 5.75 Å². The summed E-state index contributed by atoms with van der Waals surface area (Å²) in [6.45, 7) is 1.91. The predicted molar refractivity (Wildman–Crippen MR) is 123 cm³/mol. The highest BCUT2D eigenvalue weighted by Crippen LogP contribution is 2.50. The van der Waals surface area contributed by atoms with Crippen LogP contribution < -0.4 is 9.64 Å².